The summed E-state index contributed by atoms with van der Waals surface area (Å²) in [5, 5.41) is 2.85. The Morgan fingerprint density at radius 2 is 1.86 bits per heavy atom. The van der Waals surface area contributed by atoms with E-state index in [1.807, 2.05) is 12.1 Å². The van der Waals surface area contributed by atoms with Crippen molar-refractivity contribution >= 4 is 34.2 Å². The summed E-state index contributed by atoms with van der Waals surface area (Å²) in [6.45, 7) is 3.40. The summed E-state index contributed by atoms with van der Waals surface area (Å²) in [5.74, 6) is -0.620. The van der Waals surface area contributed by atoms with Gasteiger partial charge in [0.05, 0.1) is 23.8 Å². The molecule has 0 heterocycles. The van der Waals surface area contributed by atoms with Gasteiger partial charge in [0.2, 0.25) is 0 Å². The number of allylic oxidation sites excluding steroid dienone is 1. The Hall–Kier alpha value is -2.07. The summed E-state index contributed by atoms with van der Waals surface area (Å²) in [4.78, 5) is 12.5. The SMILES string of the molecule is CCOC(=O)/C(=C(\C)Nc1cccc(C(F)(F)F)c1)C(N)c1ccc(I)cc1. The molecular formula is C20H20F3IN2O2. The first-order chi connectivity index (χ1) is 13.1. The minimum Gasteiger partial charge on any atom is -0.463 e. The number of nitrogens with two attached hydrogens (primary N) is 1. The molecule has 0 saturated heterocycles. The molecule has 0 saturated carbocycles. The number of alkyl halides is 3. The summed E-state index contributed by atoms with van der Waals surface area (Å²) in [7, 11) is 0. The molecule has 0 aliphatic rings. The van der Waals surface area contributed by atoms with E-state index in [-0.39, 0.29) is 17.9 Å². The first-order valence-electron chi connectivity index (χ1n) is 8.46. The predicted octanol–water partition coefficient (Wildman–Crippen LogP) is 5.26. The van der Waals surface area contributed by atoms with E-state index in [0.29, 0.717) is 11.3 Å². The van der Waals surface area contributed by atoms with Crippen LogP contribution in [0.2, 0.25) is 0 Å². The van der Waals surface area contributed by atoms with Crippen LogP contribution in [0.25, 0.3) is 0 Å². The fourth-order valence-electron chi connectivity index (χ4n) is 2.62. The monoisotopic (exact) mass is 504 g/mol. The van der Waals surface area contributed by atoms with E-state index < -0.39 is 23.8 Å². The Bertz CT molecular complexity index is 864. The highest BCUT2D eigenvalue weighted by Crippen LogP contribution is 2.31. The van der Waals surface area contributed by atoms with E-state index in [1.165, 1.54) is 12.1 Å². The van der Waals surface area contributed by atoms with E-state index in [1.54, 1.807) is 26.0 Å². The number of rotatable bonds is 6. The number of hydrogen-bond acceptors (Lipinski definition) is 4. The molecule has 0 aromatic heterocycles. The van der Waals surface area contributed by atoms with Crippen molar-refractivity contribution in [3.63, 3.8) is 0 Å². The minimum atomic E-state index is -4.46. The lowest BCUT2D eigenvalue weighted by Gasteiger charge is -2.20. The molecule has 150 valence electrons. The second kappa shape index (κ2) is 9.42. The van der Waals surface area contributed by atoms with Crippen molar-refractivity contribution in [1.29, 1.82) is 0 Å². The van der Waals surface area contributed by atoms with Gasteiger partial charge in [0.25, 0.3) is 0 Å². The van der Waals surface area contributed by atoms with Crippen molar-refractivity contribution in [2.24, 2.45) is 5.73 Å². The fourth-order valence-corrected chi connectivity index (χ4v) is 2.98. The second-order valence-electron chi connectivity index (χ2n) is 5.99. The Balaban J connectivity index is 2.42. The van der Waals surface area contributed by atoms with Crippen LogP contribution in [0.3, 0.4) is 0 Å². The summed E-state index contributed by atoms with van der Waals surface area (Å²) in [6.07, 6.45) is -4.46. The van der Waals surface area contributed by atoms with Crippen LogP contribution >= 0.6 is 22.6 Å². The number of carbonyl (C=O) groups is 1. The molecule has 3 N–H and O–H groups in total. The zero-order valence-electron chi connectivity index (χ0n) is 15.3. The Morgan fingerprint density at radius 1 is 1.21 bits per heavy atom. The maximum Gasteiger partial charge on any atom is 0.416 e. The molecule has 4 nitrogen and oxygen atoms in total. The highest BCUT2D eigenvalue weighted by molar-refractivity contribution is 14.1. The number of hydrogen-bond donors (Lipinski definition) is 2. The van der Waals surface area contributed by atoms with Crippen LogP contribution in [-0.2, 0) is 15.7 Å². The van der Waals surface area contributed by atoms with Gasteiger partial charge in [0.15, 0.2) is 0 Å². The first kappa shape index (κ1) is 22.2. The van der Waals surface area contributed by atoms with Crippen LogP contribution in [0.4, 0.5) is 18.9 Å². The molecule has 2 aromatic rings. The maximum atomic E-state index is 12.9. The molecule has 8 heteroatoms. The van der Waals surface area contributed by atoms with Crippen LogP contribution in [0, 0.1) is 3.57 Å². The molecule has 0 bridgehead atoms. The third-order valence-electron chi connectivity index (χ3n) is 3.96. The quantitative estimate of drug-likeness (QED) is 0.320. The topological polar surface area (TPSA) is 64.3 Å². The van der Waals surface area contributed by atoms with Crippen molar-refractivity contribution in [1.82, 2.24) is 0 Å². The summed E-state index contributed by atoms with van der Waals surface area (Å²) in [5.41, 5.74) is 6.87. The zero-order chi connectivity index (χ0) is 20.9. The molecule has 2 aromatic carbocycles. The molecule has 0 radical (unpaired) electrons. The largest absolute Gasteiger partial charge is 0.463 e. The maximum absolute atomic E-state index is 12.9. The van der Waals surface area contributed by atoms with Gasteiger partial charge in [-0.15, -0.1) is 0 Å². The molecule has 0 spiro atoms. The lowest BCUT2D eigenvalue weighted by molar-refractivity contribution is -0.139. The van der Waals surface area contributed by atoms with Gasteiger partial charge in [-0.05, 0) is 72.3 Å². The second-order valence-corrected chi connectivity index (χ2v) is 7.24. The predicted molar refractivity (Wildman–Crippen MR) is 110 cm³/mol. The van der Waals surface area contributed by atoms with Crippen molar-refractivity contribution in [2.45, 2.75) is 26.1 Å². The molecule has 0 amide bonds. The molecule has 2 rings (SSSR count). The third kappa shape index (κ3) is 5.71. The van der Waals surface area contributed by atoms with Gasteiger partial charge in [-0.3, -0.25) is 0 Å². The lowest BCUT2D eigenvalue weighted by Crippen LogP contribution is -2.24. The third-order valence-corrected chi connectivity index (χ3v) is 4.68. The van der Waals surface area contributed by atoms with Crippen LogP contribution in [-0.4, -0.2) is 12.6 Å². The van der Waals surface area contributed by atoms with Gasteiger partial charge in [-0.1, -0.05) is 18.2 Å². The highest BCUT2D eigenvalue weighted by Gasteiger charge is 2.30. The molecule has 1 unspecified atom stereocenters. The van der Waals surface area contributed by atoms with Crippen LogP contribution < -0.4 is 11.1 Å². The van der Waals surface area contributed by atoms with E-state index in [4.69, 9.17) is 10.5 Å². The zero-order valence-corrected chi connectivity index (χ0v) is 17.5. The molecule has 0 fully saturated rings. The van der Waals surface area contributed by atoms with Gasteiger partial charge in [0, 0.05) is 15.0 Å². The Morgan fingerprint density at radius 3 is 2.43 bits per heavy atom. The van der Waals surface area contributed by atoms with Crippen LogP contribution in [0.5, 0.6) is 0 Å². The van der Waals surface area contributed by atoms with E-state index in [2.05, 4.69) is 27.9 Å². The van der Waals surface area contributed by atoms with Gasteiger partial charge in [-0.25, -0.2) is 4.79 Å². The number of anilines is 1. The van der Waals surface area contributed by atoms with Crippen molar-refractivity contribution in [3.8, 4) is 0 Å². The Kier molecular flexibility index (Phi) is 7.48. The number of halogens is 4. The van der Waals surface area contributed by atoms with E-state index >= 15 is 0 Å². The van der Waals surface area contributed by atoms with Crippen molar-refractivity contribution < 1.29 is 22.7 Å². The van der Waals surface area contributed by atoms with Crippen LogP contribution in [0.15, 0.2) is 59.8 Å². The number of esters is 1. The highest BCUT2D eigenvalue weighted by atomic mass is 127. The average molecular weight is 504 g/mol. The Labute approximate surface area is 175 Å². The summed E-state index contributed by atoms with van der Waals surface area (Å²) in [6, 6.07) is 11.2. The van der Waals surface area contributed by atoms with Gasteiger partial charge in [0.1, 0.15) is 0 Å². The van der Waals surface area contributed by atoms with Crippen molar-refractivity contribution in [2.75, 3.05) is 11.9 Å². The number of nitrogens with one attached hydrogen (secondary N) is 1. The molecule has 28 heavy (non-hydrogen) atoms. The van der Waals surface area contributed by atoms with Gasteiger partial charge in [-0.2, -0.15) is 13.2 Å². The number of benzene rings is 2. The smallest absolute Gasteiger partial charge is 0.416 e. The van der Waals surface area contributed by atoms with Gasteiger partial charge < -0.3 is 15.8 Å². The first-order valence-corrected chi connectivity index (χ1v) is 9.54. The van der Waals surface area contributed by atoms with Crippen LogP contribution in [0.1, 0.15) is 31.0 Å². The fraction of sp³-hybridized carbons (Fsp3) is 0.250. The summed E-state index contributed by atoms with van der Waals surface area (Å²) < 4.78 is 44.9. The lowest BCUT2D eigenvalue weighted by atomic mass is 9.98. The standard InChI is InChI=1S/C20H20F3IN2O2/c1-3-28-19(27)17(18(25)13-7-9-15(24)10-8-13)12(2)26-16-6-4-5-14(11-16)20(21,22)23/h4-11,18,26H,3,25H2,1-2H3/b17-12+. The molecule has 0 aliphatic carbocycles. The number of carbonyl (C=O) groups excluding carboxylic acids is 1. The summed E-state index contributed by atoms with van der Waals surface area (Å²) >= 11 is 2.15. The molecule has 1 atom stereocenters. The normalized spacial score (nSPS) is 13.5. The average Bonchev–Trinajstić information content (AvgIpc) is 2.62. The molecular weight excluding hydrogens is 484 g/mol. The molecule has 0 aliphatic heterocycles. The minimum absolute atomic E-state index is 0.151. The van der Waals surface area contributed by atoms with Crippen molar-refractivity contribution in [3.05, 3.63) is 74.5 Å². The van der Waals surface area contributed by atoms with Gasteiger partial charge >= 0.3 is 12.1 Å². The number of ether oxygens (including phenoxy) is 1. The van der Waals surface area contributed by atoms with E-state index in [0.717, 1.165) is 15.7 Å². The van der Waals surface area contributed by atoms with E-state index in [9.17, 15) is 18.0 Å².